The van der Waals surface area contributed by atoms with Gasteiger partial charge in [-0.15, -0.1) is 0 Å². The van der Waals surface area contributed by atoms with Crippen molar-refractivity contribution in [3.8, 4) is 11.4 Å². The van der Waals surface area contributed by atoms with Gasteiger partial charge in [-0.3, -0.25) is 0 Å². The summed E-state index contributed by atoms with van der Waals surface area (Å²) in [5, 5.41) is 6.88. The fraction of sp³-hybridized carbons (Fsp3) is 0.320. The molecule has 2 aliphatic rings. The number of piperidine rings is 1. The summed E-state index contributed by atoms with van der Waals surface area (Å²) in [6.07, 6.45) is 4.68. The average molecular weight is 417 g/mol. The van der Waals surface area contributed by atoms with Crippen molar-refractivity contribution in [1.29, 1.82) is 0 Å². The summed E-state index contributed by atoms with van der Waals surface area (Å²) in [7, 11) is 1.69. The van der Waals surface area contributed by atoms with Crippen LogP contribution in [0, 0.1) is 0 Å². The van der Waals surface area contributed by atoms with E-state index >= 15 is 0 Å². The lowest BCUT2D eigenvalue weighted by Gasteiger charge is -2.46. The van der Waals surface area contributed by atoms with Gasteiger partial charge >= 0.3 is 6.03 Å². The second kappa shape index (κ2) is 8.02. The Kier molecular flexibility index (Phi) is 5.06. The number of benzene rings is 2. The normalized spacial score (nSPS) is 16.2. The molecule has 1 saturated heterocycles. The molecule has 3 aromatic rings. The van der Waals surface area contributed by atoms with Gasteiger partial charge in [-0.2, -0.15) is 0 Å². The van der Waals surface area contributed by atoms with Crippen LogP contribution in [0.25, 0.3) is 5.69 Å². The van der Waals surface area contributed by atoms with E-state index < -0.39 is 0 Å². The molecule has 2 N–H and O–H groups in total. The van der Waals surface area contributed by atoms with Crippen LogP contribution < -0.4 is 15.4 Å². The lowest BCUT2D eigenvalue weighted by Crippen LogP contribution is -2.53. The number of ether oxygens (including phenoxy) is 1. The summed E-state index contributed by atoms with van der Waals surface area (Å²) in [6, 6.07) is 20.7. The Morgan fingerprint density at radius 3 is 2.68 bits per heavy atom. The number of hydrogen-bond acceptors (Lipinski definition) is 3. The lowest BCUT2D eigenvalue weighted by atomic mass is 9.82. The summed E-state index contributed by atoms with van der Waals surface area (Å²) < 4.78 is 7.70. The van der Waals surface area contributed by atoms with Crippen molar-refractivity contribution in [3.63, 3.8) is 0 Å². The quantitative estimate of drug-likeness (QED) is 0.672. The molecule has 1 aromatic heterocycles. The van der Waals surface area contributed by atoms with Crippen LogP contribution >= 0.6 is 0 Å². The van der Waals surface area contributed by atoms with Gasteiger partial charge < -0.3 is 24.8 Å². The number of hydrogen-bond donors (Lipinski definition) is 2. The zero-order valence-electron chi connectivity index (χ0n) is 17.8. The van der Waals surface area contributed by atoms with Crippen molar-refractivity contribution >= 4 is 11.7 Å². The minimum absolute atomic E-state index is 0.0269. The number of likely N-dealkylation sites (tertiary alicyclic amines) is 1. The van der Waals surface area contributed by atoms with Crippen LogP contribution in [0.2, 0.25) is 0 Å². The van der Waals surface area contributed by atoms with E-state index in [9.17, 15) is 4.79 Å². The van der Waals surface area contributed by atoms with Gasteiger partial charge in [-0.05, 0) is 49.1 Å². The highest BCUT2D eigenvalue weighted by Gasteiger charge is 2.42. The van der Waals surface area contributed by atoms with Gasteiger partial charge in [-0.25, -0.2) is 4.79 Å². The molecular formula is C25H28N4O2. The predicted octanol–water partition coefficient (Wildman–Crippen LogP) is 4.15. The van der Waals surface area contributed by atoms with Gasteiger partial charge in [-0.1, -0.05) is 30.3 Å². The first-order chi connectivity index (χ1) is 15.2. The monoisotopic (exact) mass is 416 g/mol. The third-order valence-corrected chi connectivity index (χ3v) is 6.51. The Morgan fingerprint density at radius 2 is 1.90 bits per heavy atom. The number of methoxy groups -OCH3 is 1. The number of amides is 2. The van der Waals surface area contributed by atoms with Crippen LogP contribution in [0.1, 0.15) is 24.1 Å². The van der Waals surface area contributed by atoms with E-state index in [1.807, 2.05) is 29.2 Å². The van der Waals surface area contributed by atoms with Gasteiger partial charge in [0.25, 0.3) is 0 Å². The molecule has 1 fully saturated rings. The molecule has 2 aromatic carbocycles. The molecule has 2 amide bonds. The van der Waals surface area contributed by atoms with E-state index in [4.69, 9.17) is 4.74 Å². The molecule has 0 atom stereocenters. The molecule has 2 aliphatic heterocycles. The zero-order valence-corrected chi connectivity index (χ0v) is 17.8. The molecule has 31 heavy (non-hydrogen) atoms. The van der Waals surface area contributed by atoms with Crippen molar-refractivity contribution < 1.29 is 9.53 Å². The summed E-state index contributed by atoms with van der Waals surface area (Å²) in [5.74, 6) is 0.840. The van der Waals surface area contributed by atoms with Gasteiger partial charge in [0.1, 0.15) is 5.75 Å². The first-order valence-electron chi connectivity index (χ1n) is 10.9. The topological polar surface area (TPSA) is 58.5 Å². The third kappa shape index (κ3) is 3.63. The molecule has 5 rings (SSSR count). The summed E-state index contributed by atoms with van der Waals surface area (Å²) in [5.41, 5.74) is 4.52. The molecule has 0 unspecified atom stereocenters. The highest BCUT2D eigenvalue weighted by Crippen LogP contribution is 2.44. The highest BCUT2D eigenvalue weighted by atomic mass is 16.5. The van der Waals surface area contributed by atoms with Crippen molar-refractivity contribution in [1.82, 2.24) is 14.8 Å². The van der Waals surface area contributed by atoms with Crippen LogP contribution in [0.4, 0.5) is 10.5 Å². The van der Waals surface area contributed by atoms with Crippen LogP contribution in [-0.4, -0.2) is 42.2 Å². The number of urea groups is 1. The van der Waals surface area contributed by atoms with Crippen molar-refractivity contribution in [2.75, 3.05) is 32.1 Å². The van der Waals surface area contributed by atoms with Crippen LogP contribution in [0.5, 0.6) is 5.75 Å². The number of fused-ring (bicyclic) bond motifs is 4. The number of nitrogens with zero attached hydrogens (tertiary/aromatic N) is 2. The van der Waals surface area contributed by atoms with E-state index in [1.165, 1.54) is 11.3 Å². The van der Waals surface area contributed by atoms with Gasteiger partial charge in [0.2, 0.25) is 0 Å². The molecule has 6 nitrogen and oxygen atoms in total. The Balaban J connectivity index is 1.25. The van der Waals surface area contributed by atoms with E-state index in [-0.39, 0.29) is 11.6 Å². The number of aromatic nitrogens is 1. The van der Waals surface area contributed by atoms with E-state index in [1.54, 1.807) is 7.11 Å². The summed E-state index contributed by atoms with van der Waals surface area (Å²) in [6.45, 7) is 2.09. The number of rotatable bonds is 4. The van der Waals surface area contributed by atoms with Crippen LogP contribution in [0.15, 0.2) is 66.9 Å². The number of carbonyl (C=O) groups is 1. The fourth-order valence-electron chi connectivity index (χ4n) is 4.80. The van der Waals surface area contributed by atoms with E-state index in [0.717, 1.165) is 36.4 Å². The van der Waals surface area contributed by atoms with Crippen LogP contribution in [0.3, 0.4) is 0 Å². The fourth-order valence-corrected chi connectivity index (χ4v) is 4.80. The van der Waals surface area contributed by atoms with Crippen LogP contribution in [-0.2, 0) is 12.0 Å². The number of nitrogens with one attached hydrogen (secondary N) is 2. The number of anilines is 1. The molecule has 160 valence electrons. The first-order valence-corrected chi connectivity index (χ1v) is 10.9. The Morgan fingerprint density at radius 1 is 1.10 bits per heavy atom. The smallest absolute Gasteiger partial charge is 0.317 e. The molecule has 6 heteroatoms. The first kappa shape index (κ1) is 19.5. The largest absolute Gasteiger partial charge is 0.497 e. The van der Waals surface area contributed by atoms with Crippen molar-refractivity contribution in [2.45, 2.75) is 24.8 Å². The Hall–Kier alpha value is -3.41. The predicted molar refractivity (Wildman–Crippen MR) is 122 cm³/mol. The van der Waals surface area contributed by atoms with Crippen molar-refractivity contribution in [2.24, 2.45) is 0 Å². The number of carbonyl (C=O) groups excluding carboxylic acids is 1. The minimum atomic E-state index is -0.177. The Labute approximate surface area is 182 Å². The van der Waals surface area contributed by atoms with Crippen molar-refractivity contribution in [3.05, 3.63) is 78.1 Å². The van der Waals surface area contributed by atoms with Gasteiger partial charge in [0.05, 0.1) is 24.0 Å². The molecule has 3 heterocycles. The summed E-state index contributed by atoms with van der Waals surface area (Å²) in [4.78, 5) is 14.6. The second-order valence-electron chi connectivity index (χ2n) is 8.31. The second-order valence-corrected chi connectivity index (χ2v) is 8.31. The molecule has 1 spiro atoms. The maximum atomic E-state index is 12.7. The molecule has 0 radical (unpaired) electrons. The highest BCUT2D eigenvalue weighted by molar-refractivity contribution is 5.75. The van der Waals surface area contributed by atoms with E-state index in [2.05, 4.69) is 57.8 Å². The summed E-state index contributed by atoms with van der Waals surface area (Å²) >= 11 is 0. The maximum absolute atomic E-state index is 12.7. The molecule has 0 saturated carbocycles. The molecular weight excluding hydrogens is 388 g/mol. The SMILES string of the molecule is COc1ccc2c(c1)NC1(CCN(C(=O)NCCc3ccccc3)CC1)c1cccn1-2. The zero-order chi connectivity index (χ0) is 21.3. The average Bonchev–Trinajstić information content (AvgIpc) is 3.31. The Bertz CT molecular complexity index is 1070. The van der Waals surface area contributed by atoms with Gasteiger partial charge in [0, 0.05) is 37.6 Å². The lowest BCUT2D eigenvalue weighted by molar-refractivity contribution is 0.163. The molecule has 0 aliphatic carbocycles. The maximum Gasteiger partial charge on any atom is 0.317 e. The third-order valence-electron chi connectivity index (χ3n) is 6.51. The standard InChI is InChI=1S/C25H28N4O2/c1-31-20-9-10-22-21(18-20)27-25(23-8-5-15-29(22)23)12-16-28(17-13-25)24(30)26-14-11-19-6-3-2-4-7-19/h2-10,15,18,27H,11-14,16-17H2,1H3,(H,26,30). The van der Waals surface area contributed by atoms with Gasteiger partial charge in [0.15, 0.2) is 0 Å². The van der Waals surface area contributed by atoms with E-state index in [0.29, 0.717) is 19.6 Å². The molecule has 0 bridgehead atoms. The minimum Gasteiger partial charge on any atom is -0.497 e.